The van der Waals surface area contributed by atoms with Gasteiger partial charge in [-0.3, -0.25) is 0 Å². The monoisotopic (exact) mass is 385 g/mol. The molecule has 26 heavy (non-hydrogen) atoms. The summed E-state index contributed by atoms with van der Waals surface area (Å²) in [6.07, 6.45) is 1.18. The van der Waals surface area contributed by atoms with Crippen LogP contribution in [0.5, 0.6) is 0 Å². The summed E-state index contributed by atoms with van der Waals surface area (Å²) in [7, 11) is 1.70. The van der Waals surface area contributed by atoms with E-state index in [0.29, 0.717) is 12.6 Å². The minimum atomic E-state index is 0.443. The number of aromatic nitrogens is 2. The minimum Gasteiger partial charge on any atom is -0.377 e. The molecule has 3 aromatic rings. The first-order valence-electron chi connectivity index (χ1n) is 8.95. The van der Waals surface area contributed by atoms with Gasteiger partial charge >= 0.3 is 0 Å². The largest absolute Gasteiger partial charge is 0.377 e. The second-order valence-electron chi connectivity index (χ2n) is 6.54. The predicted octanol–water partition coefficient (Wildman–Crippen LogP) is 4.84. The molecular weight excluding hydrogens is 362 g/mol. The van der Waals surface area contributed by atoms with Crippen molar-refractivity contribution in [2.75, 3.05) is 30.1 Å². The number of fused-ring (bicyclic) bond motifs is 1. The van der Waals surface area contributed by atoms with E-state index < -0.39 is 0 Å². The Morgan fingerprint density at radius 2 is 2.04 bits per heavy atom. The number of hydrogen-bond acceptors (Lipinski definition) is 6. The van der Waals surface area contributed by atoms with Crippen LogP contribution in [0.3, 0.4) is 0 Å². The van der Waals surface area contributed by atoms with Gasteiger partial charge in [0.15, 0.2) is 5.82 Å². The summed E-state index contributed by atoms with van der Waals surface area (Å²) in [6, 6.07) is 11.0. The van der Waals surface area contributed by atoms with E-state index in [0.717, 1.165) is 28.8 Å². The average Bonchev–Trinajstić information content (AvgIpc) is 2.97. The van der Waals surface area contributed by atoms with Crippen molar-refractivity contribution in [1.29, 1.82) is 0 Å². The fourth-order valence-corrected chi connectivity index (χ4v) is 5.41. The van der Waals surface area contributed by atoms with E-state index in [1.165, 1.54) is 28.7 Å². The van der Waals surface area contributed by atoms with E-state index in [1.54, 1.807) is 18.4 Å². The van der Waals surface area contributed by atoms with E-state index in [2.05, 4.69) is 47.5 Å². The van der Waals surface area contributed by atoms with Crippen LogP contribution in [0, 0.1) is 0 Å². The summed E-state index contributed by atoms with van der Waals surface area (Å²) in [5.74, 6) is 4.18. The molecule has 1 aromatic carbocycles. The topological polar surface area (TPSA) is 38.2 Å². The molecule has 3 heterocycles. The molecule has 0 saturated carbocycles. The summed E-state index contributed by atoms with van der Waals surface area (Å²) >= 11 is 3.73. The minimum absolute atomic E-state index is 0.443. The molecule has 136 valence electrons. The number of benzene rings is 1. The summed E-state index contributed by atoms with van der Waals surface area (Å²) in [6.45, 7) is 3.78. The number of thiophene rings is 1. The van der Waals surface area contributed by atoms with Gasteiger partial charge in [0.05, 0.1) is 5.39 Å². The quantitative estimate of drug-likeness (QED) is 0.643. The second kappa shape index (κ2) is 7.94. The van der Waals surface area contributed by atoms with Gasteiger partial charge < -0.3 is 9.64 Å². The van der Waals surface area contributed by atoms with Crippen LogP contribution in [0.25, 0.3) is 21.3 Å². The molecule has 1 atom stereocenters. The molecule has 1 unspecified atom stereocenters. The SMILES string of the molecule is COCc1nc(N2CCSCCC2C)c2c(-c3ccccc3)csc2n1. The molecular formula is C20H23N3OS2. The van der Waals surface area contributed by atoms with Crippen LogP contribution in [0.4, 0.5) is 5.82 Å². The summed E-state index contributed by atoms with van der Waals surface area (Å²) in [4.78, 5) is 13.2. The van der Waals surface area contributed by atoms with Crippen LogP contribution < -0.4 is 4.90 Å². The molecule has 1 fully saturated rings. The van der Waals surface area contributed by atoms with Crippen molar-refractivity contribution in [3.63, 3.8) is 0 Å². The molecule has 4 rings (SSSR count). The third-order valence-corrected chi connectivity index (χ3v) is 6.65. The predicted molar refractivity (Wildman–Crippen MR) is 112 cm³/mol. The van der Waals surface area contributed by atoms with Crippen molar-refractivity contribution in [2.45, 2.75) is 26.0 Å². The number of anilines is 1. The molecule has 0 N–H and O–H groups in total. The van der Waals surface area contributed by atoms with E-state index in [1.807, 2.05) is 11.8 Å². The smallest absolute Gasteiger partial charge is 0.158 e. The highest BCUT2D eigenvalue weighted by atomic mass is 32.2. The van der Waals surface area contributed by atoms with Gasteiger partial charge in [-0.2, -0.15) is 11.8 Å². The zero-order chi connectivity index (χ0) is 17.9. The van der Waals surface area contributed by atoms with E-state index in [-0.39, 0.29) is 0 Å². The summed E-state index contributed by atoms with van der Waals surface area (Å²) in [5, 5.41) is 3.39. The molecule has 2 aromatic heterocycles. The fourth-order valence-electron chi connectivity index (χ4n) is 3.41. The number of ether oxygens (including phenoxy) is 1. The van der Waals surface area contributed by atoms with Gasteiger partial charge in [-0.05, 0) is 24.7 Å². The van der Waals surface area contributed by atoms with Gasteiger partial charge in [-0.25, -0.2) is 9.97 Å². The zero-order valence-corrected chi connectivity index (χ0v) is 16.8. The van der Waals surface area contributed by atoms with Crippen molar-refractivity contribution >= 4 is 39.1 Å². The zero-order valence-electron chi connectivity index (χ0n) is 15.1. The van der Waals surface area contributed by atoms with Crippen LogP contribution in [-0.2, 0) is 11.3 Å². The molecule has 0 radical (unpaired) electrons. The summed E-state index contributed by atoms with van der Waals surface area (Å²) in [5.41, 5.74) is 2.45. The first kappa shape index (κ1) is 17.8. The van der Waals surface area contributed by atoms with Gasteiger partial charge in [0.25, 0.3) is 0 Å². The lowest BCUT2D eigenvalue weighted by Crippen LogP contribution is -2.34. The Morgan fingerprint density at radius 1 is 1.19 bits per heavy atom. The number of hydrogen-bond donors (Lipinski definition) is 0. The van der Waals surface area contributed by atoms with Gasteiger partial charge in [-0.1, -0.05) is 30.3 Å². The van der Waals surface area contributed by atoms with Gasteiger partial charge in [-0.15, -0.1) is 11.3 Å². The Morgan fingerprint density at radius 3 is 2.85 bits per heavy atom. The molecule has 0 aliphatic carbocycles. The molecule has 1 saturated heterocycles. The average molecular weight is 386 g/mol. The van der Waals surface area contributed by atoms with Crippen LogP contribution in [-0.4, -0.2) is 41.2 Å². The maximum Gasteiger partial charge on any atom is 0.158 e. The standard InChI is InChI=1S/C20H23N3OS2/c1-14-8-10-25-11-9-23(14)19-18-16(15-6-4-3-5-7-15)13-26-20(18)22-17(21-19)12-24-2/h3-7,13-14H,8-12H2,1-2H3. The normalized spacial score (nSPS) is 18.2. The third kappa shape index (κ3) is 3.46. The number of methoxy groups -OCH3 is 1. The van der Waals surface area contributed by atoms with E-state index in [4.69, 9.17) is 14.7 Å². The Bertz CT molecular complexity index is 881. The highest BCUT2D eigenvalue weighted by molar-refractivity contribution is 7.99. The maximum absolute atomic E-state index is 5.32. The first-order chi connectivity index (χ1) is 12.8. The van der Waals surface area contributed by atoms with Gasteiger partial charge in [0.2, 0.25) is 0 Å². The Hall–Kier alpha value is -1.63. The lowest BCUT2D eigenvalue weighted by atomic mass is 10.1. The van der Waals surface area contributed by atoms with Gasteiger partial charge in [0.1, 0.15) is 17.3 Å². The molecule has 0 spiro atoms. The summed E-state index contributed by atoms with van der Waals surface area (Å²) < 4.78 is 5.32. The van der Waals surface area contributed by atoms with E-state index >= 15 is 0 Å². The van der Waals surface area contributed by atoms with Crippen molar-refractivity contribution in [1.82, 2.24) is 9.97 Å². The molecule has 4 nitrogen and oxygen atoms in total. The third-order valence-electron chi connectivity index (χ3n) is 4.78. The number of thioether (sulfide) groups is 1. The Labute approximate surface area is 162 Å². The molecule has 0 amide bonds. The van der Waals surface area contributed by atoms with Crippen LogP contribution in [0.2, 0.25) is 0 Å². The number of rotatable bonds is 4. The van der Waals surface area contributed by atoms with Crippen molar-refractivity contribution < 1.29 is 4.74 Å². The van der Waals surface area contributed by atoms with Crippen LogP contribution >= 0.6 is 23.1 Å². The van der Waals surface area contributed by atoms with Crippen LogP contribution in [0.15, 0.2) is 35.7 Å². The lowest BCUT2D eigenvalue weighted by molar-refractivity contribution is 0.178. The fraction of sp³-hybridized carbons (Fsp3) is 0.400. The molecule has 0 bridgehead atoms. The highest BCUT2D eigenvalue weighted by Crippen LogP contribution is 2.39. The molecule has 1 aliphatic rings. The molecule has 6 heteroatoms. The highest BCUT2D eigenvalue weighted by Gasteiger charge is 2.24. The Balaban J connectivity index is 1.91. The second-order valence-corrected chi connectivity index (χ2v) is 8.62. The lowest BCUT2D eigenvalue weighted by Gasteiger charge is -2.29. The number of nitrogens with zero attached hydrogens (tertiary/aromatic N) is 3. The molecule has 1 aliphatic heterocycles. The van der Waals surface area contributed by atoms with E-state index in [9.17, 15) is 0 Å². The van der Waals surface area contributed by atoms with Gasteiger partial charge in [0, 0.05) is 36.4 Å². The maximum atomic E-state index is 5.32. The Kier molecular flexibility index (Phi) is 5.43. The van der Waals surface area contributed by atoms with Crippen molar-refractivity contribution in [3.8, 4) is 11.1 Å². The van der Waals surface area contributed by atoms with Crippen molar-refractivity contribution in [3.05, 3.63) is 41.5 Å². The first-order valence-corrected chi connectivity index (χ1v) is 11.0. The van der Waals surface area contributed by atoms with Crippen molar-refractivity contribution in [2.24, 2.45) is 0 Å². The van der Waals surface area contributed by atoms with Crippen LogP contribution in [0.1, 0.15) is 19.2 Å².